The van der Waals surface area contributed by atoms with Crippen LogP contribution in [0.5, 0.6) is 0 Å². The molecule has 30 heavy (non-hydrogen) atoms. The quantitative estimate of drug-likeness (QED) is 0.463. The first-order valence-electron chi connectivity index (χ1n) is 9.36. The molecule has 1 aromatic carbocycles. The number of rotatable bonds is 7. The van der Waals surface area contributed by atoms with Crippen molar-refractivity contribution in [3.8, 4) is 0 Å². The van der Waals surface area contributed by atoms with Crippen molar-refractivity contribution in [3.63, 3.8) is 0 Å². The van der Waals surface area contributed by atoms with E-state index in [1.165, 1.54) is 30.5 Å². The third kappa shape index (κ3) is 5.27. The highest BCUT2D eigenvalue weighted by atomic mass is 32.2. The first kappa shape index (κ1) is 24.0. The Balaban J connectivity index is 2.23. The Morgan fingerprint density at radius 1 is 1.30 bits per heavy atom. The molecule has 0 atom stereocenters. The largest absolute Gasteiger partial charge is 0.476 e. The Hall–Kier alpha value is -2.23. The molecule has 10 heteroatoms. The molecule has 2 rings (SSSR count). The standard InChI is InChI=1S/C20H24F4N2O3S/c1-5-6-9-30-16-12(2)29-11-26(17(16)27)19(3,4)18(28)25-15-10-13(20(22,23)24)7-8-14(15)21/h7-8,10H,5-6,9,11H2,1-4H3,(H,25,28). The normalized spacial score (nSPS) is 15.3. The van der Waals surface area contributed by atoms with Crippen molar-refractivity contribution in [1.29, 1.82) is 0 Å². The second-order valence-electron chi connectivity index (χ2n) is 7.30. The van der Waals surface area contributed by atoms with Crippen LogP contribution in [-0.2, 0) is 20.5 Å². The van der Waals surface area contributed by atoms with Crippen LogP contribution in [0, 0.1) is 5.82 Å². The van der Waals surface area contributed by atoms with Gasteiger partial charge < -0.3 is 10.1 Å². The van der Waals surface area contributed by atoms with Crippen molar-refractivity contribution in [2.75, 3.05) is 17.8 Å². The zero-order valence-electron chi connectivity index (χ0n) is 17.2. The Labute approximate surface area is 176 Å². The summed E-state index contributed by atoms with van der Waals surface area (Å²) in [6, 6.07) is 1.74. The van der Waals surface area contributed by atoms with E-state index in [2.05, 4.69) is 5.32 Å². The van der Waals surface area contributed by atoms with Gasteiger partial charge in [-0.25, -0.2) is 4.39 Å². The Morgan fingerprint density at radius 3 is 2.57 bits per heavy atom. The molecular weight excluding hydrogens is 424 g/mol. The van der Waals surface area contributed by atoms with Crippen LogP contribution in [0.25, 0.3) is 0 Å². The third-order valence-electron chi connectivity index (χ3n) is 4.69. The van der Waals surface area contributed by atoms with E-state index in [9.17, 15) is 27.2 Å². The average Bonchev–Trinajstić information content (AvgIpc) is 2.65. The lowest BCUT2D eigenvalue weighted by Crippen LogP contribution is -2.57. The number of carbonyl (C=O) groups is 2. The van der Waals surface area contributed by atoms with Gasteiger partial charge in [-0.3, -0.25) is 14.5 Å². The summed E-state index contributed by atoms with van der Waals surface area (Å²) >= 11 is 1.33. The van der Waals surface area contributed by atoms with Gasteiger partial charge in [-0.2, -0.15) is 13.2 Å². The Morgan fingerprint density at radius 2 is 1.97 bits per heavy atom. The highest BCUT2D eigenvalue weighted by Gasteiger charge is 2.42. The van der Waals surface area contributed by atoms with Gasteiger partial charge in [-0.1, -0.05) is 13.3 Å². The maximum atomic E-state index is 14.0. The minimum Gasteiger partial charge on any atom is -0.476 e. The first-order chi connectivity index (χ1) is 13.9. The molecule has 0 unspecified atom stereocenters. The van der Waals surface area contributed by atoms with E-state index in [0.717, 1.165) is 12.8 Å². The van der Waals surface area contributed by atoms with Gasteiger partial charge >= 0.3 is 6.18 Å². The zero-order valence-corrected chi connectivity index (χ0v) is 18.0. The molecule has 5 nitrogen and oxygen atoms in total. The number of alkyl halides is 3. The molecule has 0 bridgehead atoms. The molecule has 0 saturated carbocycles. The van der Waals surface area contributed by atoms with Gasteiger partial charge in [0.25, 0.3) is 5.91 Å². The van der Waals surface area contributed by atoms with E-state index in [1.54, 1.807) is 6.92 Å². The minimum atomic E-state index is -4.69. The van der Waals surface area contributed by atoms with Gasteiger partial charge in [0.2, 0.25) is 5.91 Å². The summed E-state index contributed by atoms with van der Waals surface area (Å²) < 4.78 is 58.3. The Kier molecular flexibility index (Phi) is 7.44. The number of ether oxygens (including phenoxy) is 1. The second kappa shape index (κ2) is 9.28. The van der Waals surface area contributed by atoms with Crippen molar-refractivity contribution < 1.29 is 31.9 Å². The van der Waals surface area contributed by atoms with Crippen LogP contribution >= 0.6 is 11.8 Å². The number of thioether (sulfide) groups is 1. The molecule has 1 aliphatic heterocycles. The lowest BCUT2D eigenvalue weighted by Gasteiger charge is -2.40. The number of nitrogens with one attached hydrogen (secondary N) is 1. The lowest BCUT2D eigenvalue weighted by atomic mass is 10.0. The molecular formula is C20H24F4N2O3S. The van der Waals surface area contributed by atoms with E-state index < -0.39 is 40.6 Å². The fourth-order valence-electron chi connectivity index (χ4n) is 2.65. The van der Waals surface area contributed by atoms with Crippen molar-refractivity contribution in [1.82, 2.24) is 4.90 Å². The van der Waals surface area contributed by atoms with Crippen molar-refractivity contribution in [3.05, 3.63) is 40.2 Å². The number of amides is 2. The molecule has 1 N–H and O–H groups in total. The minimum absolute atomic E-state index is 0.200. The number of carbonyl (C=O) groups excluding carboxylic acids is 2. The van der Waals surface area contributed by atoms with E-state index in [4.69, 9.17) is 4.74 Å². The van der Waals surface area contributed by atoms with Crippen LogP contribution in [0.4, 0.5) is 23.2 Å². The number of unbranched alkanes of at least 4 members (excludes halogenated alkanes) is 1. The number of allylic oxidation sites excluding steroid dienone is 1. The van der Waals surface area contributed by atoms with Gasteiger partial charge in [0.1, 0.15) is 22.0 Å². The highest BCUT2D eigenvalue weighted by Crippen LogP contribution is 2.34. The molecule has 1 aromatic rings. The molecule has 0 fully saturated rings. The third-order valence-corrected chi connectivity index (χ3v) is 5.93. The number of halogens is 4. The van der Waals surface area contributed by atoms with E-state index >= 15 is 0 Å². The van der Waals surface area contributed by atoms with Gasteiger partial charge in [-0.15, -0.1) is 11.8 Å². The molecule has 0 aromatic heterocycles. The molecule has 2 amide bonds. The maximum absolute atomic E-state index is 14.0. The SMILES string of the molecule is CCCCSC1=C(C)OCN(C(C)(C)C(=O)Nc2cc(C(F)(F)F)ccc2F)C1=O. The smallest absolute Gasteiger partial charge is 0.416 e. The predicted octanol–water partition coefficient (Wildman–Crippen LogP) is 5.14. The predicted molar refractivity (Wildman–Crippen MR) is 107 cm³/mol. The topological polar surface area (TPSA) is 58.6 Å². The Bertz CT molecular complexity index is 853. The molecule has 0 spiro atoms. The lowest BCUT2D eigenvalue weighted by molar-refractivity contribution is -0.148. The van der Waals surface area contributed by atoms with Gasteiger partial charge in [0.15, 0.2) is 6.73 Å². The second-order valence-corrected chi connectivity index (χ2v) is 8.40. The summed E-state index contributed by atoms with van der Waals surface area (Å²) in [7, 11) is 0. The summed E-state index contributed by atoms with van der Waals surface area (Å²) in [6.45, 7) is 6.32. The maximum Gasteiger partial charge on any atom is 0.416 e. The number of hydrogen-bond acceptors (Lipinski definition) is 4. The van der Waals surface area contributed by atoms with Crippen molar-refractivity contribution in [2.24, 2.45) is 0 Å². The van der Waals surface area contributed by atoms with E-state index in [0.29, 0.717) is 34.6 Å². The first-order valence-corrected chi connectivity index (χ1v) is 10.3. The number of nitrogens with zero attached hydrogens (tertiary/aromatic N) is 1. The van der Waals surface area contributed by atoms with Crippen molar-refractivity contribution >= 4 is 29.3 Å². The summed E-state index contributed by atoms with van der Waals surface area (Å²) in [5.74, 6) is -1.11. The van der Waals surface area contributed by atoms with Crippen LogP contribution in [0.3, 0.4) is 0 Å². The number of hydrogen-bond donors (Lipinski definition) is 1. The fourth-order valence-corrected chi connectivity index (χ4v) is 3.78. The summed E-state index contributed by atoms with van der Waals surface area (Å²) in [4.78, 5) is 27.3. The molecule has 1 heterocycles. The molecule has 0 aliphatic carbocycles. The molecule has 0 saturated heterocycles. The van der Waals surface area contributed by atoms with E-state index in [1.807, 2.05) is 6.92 Å². The monoisotopic (exact) mass is 448 g/mol. The van der Waals surface area contributed by atoms with Crippen LogP contribution in [0.2, 0.25) is 0 Å². The summed E-state index contributed by atoms with van der Waals surface area (Å²) in [5.41, 5.74) is -3.21. The van der Waals surface area contributed by atoms with Gasteiger partial charge in [0.05, 0.1) is 11.3 Å². The zero-order chi connectivity index (χ0) is 22.7. The fraction of sp³-hybridized carbons (Fsp3) is 0.500. The molecule has 1 aliphatic rings. The summed E-state index contributed by atoms with van der Waals surface area (Å²) in [5, 5.41) is 2.17. The van der Waals surface area contributed by atoms with Crippen LogP contribution in [0.15, 0.2) is 28.9 Å². The highest BCUT2D eigenvalue weighted by molar-refractivity contribution is 8.04. The van der Waals surface area contributed by atoms with Crippen LogP contribution in [0.1, 0.15) is 46.1 Å². The van der Waals surface area contributed by atoms with Gasteiger partial charge in [0, 0.05) is 0 Å². The number of anilines is 1. The molecule has 0 radical (unpaired) electrons. The number of benzene rings is 1. The van der Waals surface area contributed by atoms with E-state index in [-0.39, 0.29) is 6.73 Å². The summed E-state index contributed by atoms with van der Waals surface area (Å²) in [6.07, 6.45) is -2.84. The van der Waals surface area contributed by atoms with Crippen LogP contribution in [-0.4, -0.2) is 34.7 Å². The van der Waals surface area contributed by atoms with Crippen molar-refractivity contribution in [2.45, 2.75) is 52.3 Å². The van der Waals surface area contributed by atoms with Crippen LogP contribution < -0.4 is 5.32 Å². The molecule has 166 valence electrons. The van der Waals surface area contributed by atoms with Gasteiger partial charge in [-0.05, 0) is 51.1 Å². The average molecular weight is 448 g/mol.